The zero-order chi connectivity index (χ0) is 15.6. The van der Waals surface area contributed by atoms with E-state index in [-0.39, 0.29) is 4.90 Å². The number of hydrogen-bond acceptors (Lipinski definition) is 4. The molecule has 8 heteroatoms. The highest BCUT2D eigenvalue weighted by molar-refractivity contribution is 9.11. The van der Waals surface area contributed by atoms with Crippen molar-refractivity contribution in [1.29, 1.82) is 0 Å². The van der Waals surface area contributed by atoms with Crippen molar-refractivity contribution in [3.63, 3.8) is 0 Å². The van der Waals surface area contributed by atoms with Gasteiger partial charge in [0.05, 0.1) is 12.0 Å². The zero-order valence-corrected chi connectivity index (χ0v) is 15.4. The Kier molecular flexibility index (Phi) is 5.45. The predicted octanol–water partition coefficient (Wildman–Crippen LogP) is 2.93. The average Bonchev–Trinajstić information content (AvgIpc) is 2.46. The summed E-state index contributed by atoms with van der Waals surface area (Å²) >= 11 is 6.56. The van der Waals surface area contributed by atoms with Gasteiger partial charge >= 0.3 is 5.97 Å². The van der Waals surface area contributed by atoms with Crippen LogP contribution in [0.5, 0.6) is 0 Å². The van der Waals surface area contributed by atoms with Crippen LogP contribution in [0.25, 0.3) is 0 Å². The molecule has 0 N–H and O–H groups in total. The van der Waals surface area contributed by atoms with Crippen LogP contribution in [0.15, 0.2) is 32.0 Å². The first-order valence-corrected chi connectivity index (χ1v) is 9.45. The van der Waals surface area contributed by atoms with Gasteiger partial charge in [0.15, 0.2) is 0 Å². The van der Waals surface area contributed by atoms with Gasteiger partial charge < -0.3 is 4.74 Å². The van der Waals surface area contributed by atoms with Crippen molar-refractivity contribution in [2.24, 2.45) is 0 Å². The van der Waals surface area contributed by atoms with E-state index >= 15 is 0 Å². The lowest BCUT2D eigenvalue weighted by Crippen LogP contribution is -2.48. The van der Waals surface area contributed by atoms with E-state index in [1.807, 2.05) is 0 Å². The molecule has 1 aromatic rings. The van der Waals surface area contributed by atoms with Crippen LogP contribution < -0.4 is 0 Å². The normalized spacial score (nSPS) is 20.2. The van der Waals surface area contributed by atoms with E-state index in [1.54, 1.807) is 12.1 Å². The summed E-state index contributed by atoms with van der Waals surface area (Å²) in [5.74, 6) is -0.508. The number of hydrogen-bond donors (Lipinski definition) is 0. The quantitative estimate of drug-likeness (QED) is 0.678. The topological polar surface area (TPSA) is 63.7 Å². The molecule has 21 heavy (non-hydrogen) atoms. The van der Waals surface area contributed by atoms with Crippen LogP contribution in [0.1, 0.15) is 19.3 Å². The number of sulfonamides is 1. The molecular formula is C13H15Br2NO4S. The maximum Gasteiger partial charge on any atom is 0.324 e. The molecule has 1 aromatic carbocycles. The van der Waals surface area contributed by atoms with E-state index in [1.165, 1.54) is 17.5 Å². The maximum absolute atomic E-state index is 12.8. The first-order chi connectivity index (χ1) is 9.87. The van der Waals surface area contributed by atoms with E-state index in [2.05, 4.69) is 31.9 Å². The molecule has 0 aromatic heterocycles. The molecule has 1 atom stereocenters. The molecule has 1 aliphatic rings. The number of halogens is 2. The molecule has 0 aliphatic carbocycles. The number of benzene rings is 1. The molecule has 1 aliphatic heterocycles. The predicted molar refractivity (Wildman–Crippen MR) is 85.4 cm³/mol. The number of carbonyl (C=O) groups is 1. The number of esters is 1. The summed E-state index contributed by atoms with van der Waals surface area (Å²) in [5, 5.41) is 0. The van der Waals surface area contributed by atoms with Crippen LogP contribution in [0.3, 0.4) is 0 Å². The van der Waals surface area contributed by atoms with E-state index < -0.39 is 22.0 Å². The molecule has 0 radical (unpaired) electrons. The van der Waals surface area contributed by atoms with Gasteiger partial charge in [0, 0.05) is 15.5 Å². The Morgan fingerprint density at radius 2 is 2.05 bits per heavy atom. The summed E-state index contributed by atoms with van der Waals surface area (Å²) in [7, 11) is -2.47. The Hall–Kier alpha value is -0.440. The second kappa shape index (κ2) is 6.76. The minimum absolute atomic E-state index is 0.154. The summed E-state index contributed by atoms with van der Waals surface area (Å²) in [5.41, 5.74) is 0. The second-order valence-corrected chi connectivity index (χ2v) is 8.35. The molecule has 0 bridgehead atoms. The van der Waals surface area contributed by atoms with Crippen LogP contribution in [0.4, 0.5) is 0 Å². The summed E-state index contributed by atoms with van der Waals surface area (Å²) < 4.78 is 32.9. The highest BCUT2D eigenvalue weighted by Gasteiger charge is 2.38. The molecule has 116 valence electrons. The smallest absolute Gasteiger partial charge is 0.324 e. The molecular weight excluding hydrogens is 426 g/mol. The summed E-state index contributed by atoms with van der Waals surface area (Å²) in [6.45, 7) is 0.324. The SMILES string of the molecule is COC(=O)C1CCCCN1S(=O)(=O)c1ccc(Br)cc1Br. The van der Waals surface area contributed by atoms with Crippen molar-refractivity contribution in [1.82, 2.24) is 4.31 Å². The van der Waals surface area contributed by atoms with E-state index in [9.17, 15) is 13.2 Å². The minimum atomic E-state index is -3.75. The van der Waals surface area contributed by atoms with Gasteiger partial charge in [-0.3, -0.25) is 4.79 Å². The zero-order valence-electron chi connectivity index (χ0n) is 11.4. The minimum Gasteiger partial charge on any atom is -0.468 e. The molecule has 1 unspecified atom stereocenters. The van der Waals surface area contributed by atoms with Crippen molar-refractivity contribution in [3.8, 4) is 0 Å². The van der Waals surface area contributed by atoms with Crippen molar-refractivity contribution < 1.29 is 17.9 Å². The third-order valence-corrected chi connectivity index (χ3v) is 6.79. The fourth-order valence-electron chi connectivity index (χ4n) is 2.38. The average molecular weight is 441 g/mol. The number of carbonyl (C=O) groups excluding carboxylic acids is 1. The Balaban J connectivity index is 2.43. The standard InChI is InChI=1S/C13H15Br2NO4S/c1-20-13(17)11-4-2-3-7-16(11)21(18,19)12-6-5-9(14)8-10(12)15/h5-6,8,11H,2-4,7H2,1H3. The largest absolute Gasteiger partial charge is 0.468 e. The summed E-state index contributed by atoms with van der Waals surface area (Å²) in [6, 6.07) is 4.11. The van der Waals surface area contributed by atoms with Crippen molar-refractivity contribution in [3.05, 3.63) is 27.1 Å². The molecule has 5 nitrogen and oxygen atoms in total. The van der Waals surface area contributed by atoms with Crippen molar-refractivity contribution in [2.45, 2.75) is 30.2 Å². The molecule has 1 heterocycles. The van der Waals surface area contributed by atoms with E-state index in [0.717, 1.165) is 17.3 Å². The molecule has 0 amide bonds. The Labute approximate surface area is 141 Å². The third kappa shape index (κ3) is 3.49. The first-order valence-electron chi connectivity index (χ1n) is 6.42. The van der Waals surface area contributed by atoms with Gasteiger partial charge in [0.1, 0.15) is 6.04 Å². The highest BCUT2D eigenvalue weighted by atomic mass is 79.9. The van der Waals surface area contributed by atoms with Crippen molar-refractivity contribution in [2.75, 3.05) is 13.7 Å². The number of nitrogens with zero attached hydrogens (tertiary/aromatic N) is 1. The number of ether oxygens (including phenoxy) is 1. The van der Waals surface area contributed by atoms with Crippen LogP contribution in [0, 0.1) is 0 Å². The second-order valence-electron chi connectivity index (χ2n) is 4.73. The van der Waals surface area contributed by atoms with Crippen LogP contribution in [-0.2, 0) is 19.6 Å². The lowest BCUT2D eigenvalue weighted by Gasteiger charge is -2.32. The molecule has 1 fully saturated rings. The number of rotatable bonds is 3. The monoisotopic (exact) mass is 439 g/mol. The van der Waals surface area contributed by atoms with E-state index in [4.69, 9.17) is 4.74 Å². The van der Waals surface area contributed by atoms with Gasteiger partial charge in [-0.05, 0) is 53.4 Å². The fourth-order valence-corrected chi connectivity index (χ4v) is 5.73. The first kappa shape index (κ1) is 16.9. The summed E-state index contributed by atoms with van der Waals surface area (Å²) in [4.78, 5) is 12.0. The van der Waals surface area contributed by atoms with E-state index in [0.29, 0.717) is 17.4 Å². The van der Waals surface area contributed by atoms with Gasteiger partial charge in [-0.2, -0.15) is 4.31 Å². The Bertz CT molecular complexity index is 648. The number of methoxy groups -OCH3 is 1. The van der Waals surface area contributed by atoms with Crippen LogP contribution >= 0.6 is 31.9 Å². The lowest BCUT2D eigenvalue weighted by molar-refractivity contribution is -0.146. The van der Waals surface area contributed by atoms with Crippen LogP contribution in [0.2, 0.25) is 0 Å². The van der Waals surface area contributed by atoms with Crippen molar-refractivity contribution >= 4 is 47.9 Å². The molecule has 0 spiro atoms. The lowest BCUT2D eigenvalue weighted by atomic mass is 10.1. The Morgan fingerprint density at radius 1 is 1.33 bits per heavy atom. The highest BCUT2D eigenvalue weighted by Crippen LogP contribution is 2.31. The van der Waals surface area contributed by atoms with Gasteiger partial charge in [0.25, 0.3) is 0 Å². The Morgan fingerprint density at radius 3 is 2.67 bits per heavy atom. The fraction of sp³-hybridized carbons (Fsp3) is 0.462. The molecule has 1 saturated heterocycles. The molecule has 2 rings (SSSR count). The third-order valence-electron chi connectivity index (χ3n) is 3.41. The summed E-state index contributed by atoms with van der Waals surface area (Å²) in [6.07, 6.45) is 2.04. The van der Waals surface area contributed by atoms with Gasteiger partial charge in [0.2, 0.25) is 10.0 Å². The number of piperidine rings is 1. The molecule has 0 saturated carbocycles. The van der Waals surface area contributed by atoms with Gasteiger partial charge in [-0.15, -0.1) is 0 Å². The van der Waals surface area contributed by atoms with Gasteiger partial charge in [-0.1, -0.05) is 15.9 Å². The van der Waals surface area contributed by atoms with Gasteiger partial charge in [-0.25, -0.2) is 8.42 Å². The maximum atomic E-state index is 12.8. The van der Waals surface area contributed by atoms with Crippen LogP contribution in [-0.4, -0.2) is 38.4 Å².